The second kappa shape index (κ2) is 7.36. The molecule has 0 atom stereocenters. The van der Waals surface area contributed by atoms with Gasteiger partial charge < -0.3 is 5.32 Å². The van der Waals surface area contributed by atoms with Gasteiger partial charge in [0, 0.05) is 27.3 Å². The van der Waals surface area contributed by atoms with E-state index in [0.29, 0.717) is 17.2 Å². The Hall–Kier alpha value is -3.36. The van der Waals surface area contributed by atoms with Gasteiger partial charge in [-0.05, 0) is 66.7 Å². The van der Waals surface area contributed by atoms with Crippen molar-refractivity contribution in [2.75, 3.05) is 5.32 Å². The van der Waals surface area contributed by atoms with Crippen molar-refractivity contribution in [3.05, 3.63) is 89.0 Å². The van der Waals surface area contributed by atoms with Crippen LogP contribution in [0, 0.1) is 11.6 Å². The molecule has 0 saturated heterocycles. The predicted octanol–water partition coefficient (Wildman–Crippen LogP) is 7.55. The maximum absolute atomic E-state index is 13.8. The summed E-state index contributed by atoms with van der Waals surface area (Å²) in [7, 11) is 0. The minimum atomic E-state index is -0.310. The van der Waals surface area contributed by atoms with Gasteiger partial charge in [0.15, 0.2) is 4.96 Å². The van der Waals surface area contributed by atoms with Gasteiger partial charge in [-0.3, -0.25) is 9.38 Å². The number of anilines is 2. The lowest BCUT2D eigenvalue weighted by Crippen LogP contribution is -1.97. The monoisotopic (exact) mass is 506 g/mol. The average molecular weight is 507 g/mol. The molecule has 3 heterocycles. The van der Waals surface area contributed by atoms with Crippen LogP contribution in [-0.4, -0.2) is 14.4 Å². The summed E-state index contributed by atoms with van der Waals surface area (Å²) in [6.07, 6.45) is 1.79. The van der Waals surface area contributed by atoms with Gasteiger partial charge in [-0.2, -0.15) is 0 Å². The summed E-state index contributed by atoms with van der Waals surface area (Å²) >= 11 is 4.92. The molecule has 0 saturated carbocycles. The van der Waals surface area contributed by atoms with E-state index < -0.39 is 0 Å². The Morgan fingerprint density at radius 1 is 0.906 bits per heavy atom. The van der Waals surface area contributed by atoms with E-state index in [1.165, 1.54) is 35.6 Å². The summed E-state index contributed by atoms with van der Waals surface area (Å²) < 4.78 is 31.0. The van der Waals surface area contributed by atoms with E-state index in [-0.39, 0.29) is 11.6 Å². The Kier molecular flexibility index (Phi) is 4.44. The van der Waals surface area contributed by atoms with Gasteiger partial charge in [0.25, 0.3) is 0 Å². The summed E-state index contributed by atoms with van der Waals surface area (Å²) in [6, 6.07) is 18.8. The van der Waals surface area contributed by atoms with Crippen molar-refractivity contribution in [2.24, 2.45) is 0 Å². The lowest BCUT2D eigenvalue weighted by Gasteiger charge is -2.10. The number of fused-ring (bicyclic) bond motifs is 4. The number of thiazole rings is 1. The normalized spacial score (nSPS) is 11.6. The van der Waals surface area contributed by atoms with E-state index in [1.54, 1.807) is 24.4 Å². The highest BCUT2D eigenvalue weighted by atomic mass is 79.9. The molecule has 0 radical (unpaired) electrons. The van der Waals surface area contributed by atoms with Crippen LogP contribution >= 0.6 is 27.3 Å². The van der Waals surface area contributed by atoms with Gasteiger partial charge in [-0.25, -0.2) is 13.8 Å². The Morgan fingerprint density at radius 3 is 2.56 bits per heavy atom. The number of hydrogen-bond donors (Lipinski definition) is 1. The zero-order valence-corrected chi connectivity index (χ0v) is 18.7. The first-order chi connectivity index (χ1) is 15.5. The third kappa shape index (κ3) is 3.23. The van der Waals surface area contributed by atoms with Crippen LogP contribution in [0.3, 0.4) is 0 Å². The van der Waals surface area contributed by atoms with Gasteiger partial charge in [0.05, 0.1) is 15.7 Å². The molecular formula is C24H13BrF2N4S. The first-order valence-electron chi connectivity index (χ1n) is 9.74. The number of aromatic nitrogens is 3. The van der Waals surface area contributed by atoms with Crippen LogP contribution in [0.4, 0.5) is 20.3 Å². The Balaban J connectivity index is 1.60. The van der Waals surface area contributed by atoms with Gasteiger partial charge in [-0.15, -0.1) is 0 Å². The smallest absolute Gasteiger partial charge is 0.197 e. The summed E-state index contributed by atoms with van der Waals surface area (Å²) in [4.78, 5) is 10.2. The summed E-state index contributed by atoms with van der Waals surface area (Å²) in [5.74, 6) is 0.107. The molecule has 4 nitrogen and oxygen atoms in total. The van der Waals surface area contributed by atoms with Crippen molar-refractivity contribution < 1.29 is 8.78 Å². The molecule has 32 heavy (non-hydrogen) atoms. The third-order valence-electron chi connectivity index (χ3n) is 5.23. The second-order valence-corrected chi connectivity index (χ2v) is 9.26. The predicted molar refractivity (Wildman–Crippen MR) is 129 cm³/mol. The summed E-state index contributed by atoms with van der Waals surface area (Å²) in [5.41, 5.74) is 3.98. The highest BCUT2D eigenvalue weighted by Crippen LogP contribution is 2.38. The number of nitrogens with one attached hydrogen (secondary N) is 1. The Labute approximate surface area is 193 Å². The van der Waals surface area contributed by atoms with Crippen molar-refractivity contribution in [1.29, 1.82) is 0 Å². The molecule has 0 aliphatic carbocycles. The third-order valence-corrected chi connectivity index (χ3v) is 6.73. The molecular weight excluding hydrogens is 494 g/mol. The maximum Gasteiger partial charge on any atom is 0.197 e. The van der Waals surface area contributed by atoms with Crippen LogP contribution in [0.2, 0.25) is 0 Å². The van der Waals surface area contributed by atoms with E-state index in [1.807, 2.05) is 28.7 Å². The maximum atomic E-state index is 13.8. The van der Waals surface area contributed by atoms with E-state index in [0.717, 1.165) is 36.1 Å². The van der Waals surface area contributed by atoms with Gasteiger partial charge in [-0.1, -0.05) is 27.3 Å². The standard InChI is InChI=1S/C24H13BrF2N4S/c25-15-1-7-19-13(10-15)9-14(12-28-19)22-23(29-18-5-2-16(26)3-6-18)31-20-8-4-17(27)11-21(20)32-24(31)30-22/h1-12,29H. The number of imidazole rings is 1. The highest BCUT2D eigenvalue weighted by molar-refractivity contribution is 9.10. The fourth-order valence-corrected chi connectivity index (χ4v) is 5.19. The number of hydrogen-bond acceptors (Lipinski definition) is 4. The summed E-state index contributed by atoms with van der Waals surface area (Å²) in [6.45, 7) is 0. The van der Waals surface area contributed by atoms with E-state index in [2.05, 4.69) is 26.2 Å². The van der Waals surface area contributed by atoms with Crippen LogP contribution in [-0.2, 0) is 0 Å². The van der Waals surface area contributed by atoms with Crippen LogP contribution < -0.4 is 5.32 Å². The average Bonchev–Trinajstić information content (AvgIpc) is 3.30. The number of benzene rings is 3. The van der Waals surface area contributed by atoms with Crippen LogP contribution in [0.25, 0.3) is 37.3 Å². The molecule has 3 aromatic heterocycles. The molecule has 3 aromatic carbocycles. The van der Waals surface area contributed by atoms with Crippen molar-refractivity contribution in [3.8, 4) is 11.3 Å². The topological polar surface area (TPSA) is 42.2 Å². The number of pyridine rings is 1. The number of halogens is 3. The zero-order chi connectivity index (χ0) is 21.8. The quantitative estimate of drug-likeness (QED) is 0.269. The fraction of sp³-hybridized carbons (Fsp3) is 0. The van der Waals surface area contributed by atoms with E-state index >= 15 is 0 Å². The van der Waals surface area contributed by atoms with Crippen molar-refractivity contribution >= 4 is 64.9 Å². The first-order valence-corrected chi connectivity index (χ1v) is 11.3. The molecule has 0 fully saturated rings. The molecule has 0 aliphatic heterocycles. The lowest BCUT2D eigenvalue weighted by molar-refractivity contribution is 0.628. The first kappa shape index (κ1) is 19.3. The summed E-state index contributed by atoms with van der Waals surface area (Å²) in [5, 5.41) is 4.36. The van der Waals surface area contributed by atoms with Crippen molar-refractivity contribution in [2.45, 2.75) is 0 Å². The molecule has 8 heteroatoms. The molecule has 0 aliphatic rings. The molecule has 6 rings (SSSR count). The molecule has 6 aromatic rings. The van der Waals surface area contributed by atoms with Gasteiger partial charge in [0.2, 0.25) is 0 Å². The zero-order valence-electron chi connectivity index (χ0n) is 16.3. The molecule has 0 bridgehead atoms. The molecule has 0 amide bonds. The Morgan fingerprint density at radius 2 is 1.72 bits per heavy atom. The largest absolute Gasteiger partial charge is 0.339 e. The lowest BCUT2D eigenvalue weighted by atomic mass is 10.1. The minimum absolute atomic E-state index is 0.292. The minimum Gasteiger partial charge on any atom is -0.339 e. The van der Waals surface area contributed by atoms with Crippen molar-refractivity contribution in [3.63, 3.8) is 0 Å². The molecule has 156 valence electrons. The van der Waals surface area contributed by atoms with Crippen LogP contribution in [0.1, 0.15) is 0 Å². The van der Waals surface area contributed by atoms with Gasteiger partial charge in [0.1, 0.15) is 23.1 Å². The van der Waals surface area contributed by atoms with E-state index in [4.69, 9.17) is 4.98 Å². The SMILES string of the molecule is Fc1ccc(Nc2c(-c3cnc4ccc(Br)cc4c3)nc3sc4cc(F)ccc4n23)cc1. The number of nitrogens with zero attached hydrogens (tertiary/aromatic N) is 3. The second-order valence-electron chi connectivity index (χ2n) is 7.33. The van der Waals surface area contributed by atoms with Crippen LogP contribution in [0.5, 0.6) is 0 Å². The van der Waals surface area contributed by atoms with Crippen LogP contribution in [0.15, 0.2) is 77.4 Å². The molecule has 0 unspecified atom stereocenters. The molecule has 1 N–H and O–H groups in total. The Bertz CT molecular complexity index is 1640. The molecule has 0 spiro atoms. The highest BCUT2D eigenvalue weighted by Gasteiger charge is 2.20. The van der Waals surface area contributed by atoms with Crippen molar-refractivity contribution in [1.82, 2.24) is 14.4 Å². The van der Waals surface area contributed by atoms with Gasteiger partial charge >= 0.3 is 0 Å². The number of rotatable bonds is 3. The fourth-order valence-electron chi connectivity index (χ4n) is 3.76. The van der Waals surface area contributed by atoms with E-state index in [9.17, 15) is 8.78 Å².